The van der Waals surface area contributed by atoms with Crippen molar-refractivity contribution in [2.24, 2.45) is 0 Å². The third-order valence-electron chi connectivity index (χ3n) is 1.11. The Hall–Kier alpha value is -0.880. The van der Waals surface area contributed by atoms with Gasteiger partial charge in [-0.3, -0.25) is 4.79 Å². The predicted molar refractivity (Wildman–Crippen MR) is 40.3 cm³/mol. The number of likely N-dealkylation sites (N-methyl/N-ethyl adjacent to an activating group) is 1. The lowest BCUT2D eigenvalue weighted by molar-refractivity contribution is -0.151. The monoisotopic (exact) mass is 201 g/mol. The van der Waals surface area contributed by atoms with E-state index in [4.69, 9.17) is 10.2 Å². The summed E-state index contributed by atoms with van der Waals surface area (Å²) < 4.78 is 12.4. The van der Waals surface area contributed by atoms with E-state index in [-0.39, 0.29) is 12.4 Å². The minimum Gasteiger partial charge on any atom is -0.480 e. The van der Waals surface area contributed by atoms with E-state index in [0.717, 1.165) is 0 Å². The Morgan fingerprint density at radius 1 is 1.33 bits per heavy atom. The van der Waals surface area contributed by atoms with Crippen molar-refractivity contribution in [3.63, 3.8) is 0 Å². The summed E-state index contributed by atoms with van der Waals surface area (Å²) in [7, 11) is 1.17. The molecule has 0 saturated carbocycles. The van der Waals surface area contributed by atoms with Crippen molar-refractivity contribution in [3.8, 4) is 0 Å². The fraction of sp³-hybridized carbons (Fsp3) is 0.600. The lowest BCUT2D eigenvalue weighted by atomic mass is 10.2. The number of carboxylic acid groups (broad SMARTS) is 2. The molecule has 0 aromatic carbocycles. The molecule has 0 aromatic heterocycles. The first-order valence-electron chi connectivity index (χ1n) is 2.77. The molecule has 3 N–H and O–H groups in total. The van der Waals surface area contributed by atoms with Gasteiger partial charge >= 0.3 is 11.9 Å². The minimum absolute atomic E-state index is 0. The number of nitrogens with one attached hydrogen (secondary N) is 1. The number of carbonyl (C=O) groups is 2. The van der Waals surface area contributed by atoms with Crippen LogP contribution in [-0.4, -0.2) is 41.4 Å². The Balaban J connectivity index is 0. The molecule has 0 aliphatic heterocycles. The zero-order valence-corrected chi connectivity index (χ0v) is 6.97. The average molecular weight is 202 g/mol. The highest BCUT2D eigenvalue weighted by Crippen LogP contribution is 1.98. The number of alkyl halides is 1. The molecule has 0 bridgehead atoms. The number of hydrogen-bond donors (Lipinski definition) is 3. The molecule has 0 unspecified atom stereocenters. The van der Waals surface area contributed by atoms with Crippen LogP contribution in [0.25, 0.3) is 0 Å². The van der Waals surface area contributed by atoms with Gasteiger partial charge in [-0.2, -0.15) is 0 Å². The van der Waals surface area contributed by atoms with Gasteiger partial charge in [-0.15, -0.1) is 12.4 Å². The van der Waals surface area contributed by atoms with Gasteiger partial charge in [0.15, 0.2) is 0 Å². The molecular formula is C5H9ClFNO4. The van der Waals surface area contributed by atoms with Crippen molar-refractivity contribution in [3.05, 3.63) is 0 Å². The van der Waals surface area contributed by atoms with E-state index in [2.05, 4.69) is 0 Å². The molecular weight excluding hydrogens is 193 g/mol. The largest absolute Gasteiger partial charge is 0.480 e. The maximum absolute atomic E-state index is 12.4. The van der Waals surface area contributed by atoms with Crippen molar-refractivity contribution < 1.29 is 24.2 Å². The highest BCUT2D eigenvalue weighted by Gasteiger charge is 2.32. The van der Waals surface area contributed by atoms with Gasteiger partial charge in [-0.25, -0.2) is 9.18 Å². The SMILES string of the molecule is CN[C@@H](C(=O)O)[C@H](F)C(=O)O.Cl. The lowest BCUT2D eigenvalue weighted by Crippen LogP contribution is -2.45. The van der Waals surface area contributed by atoms with Crippen molar-refractivity contribution in [2.75, 3.05) is 7.05 Å². The van der Waals surface area contributed by atoms with Crippen molar-refractivity contribution >= 4 is 24.3 Å². The van der Waals surface area contributed by atoms with Crippen LogP contribution in [0.15, 0.2) is 0 Å². The van der Waals surface area contributed by atoms with Gasteiger partial charge in [0, 0.05) is 0 Å². The Morgan fingerprint density at radius 3 is 1.83 bits per heavy atom. The standard InChI is InChI=1S/C5H8FNO4.ClH/c1-7-3(5(10)11)2(6)4(8)9;/h2-3,7H,1H3,(H,8,9)(H,10,11);1H/t2-,3+;/m0./s1. The lowest BCUT2D eigenvalue weighted by Gasteiger charge is -2.11. The van der Waals surface area contributed by atoms with Gasteiger partial charge in [0.05, 0.1) is 0 Å². The quantitative estimate of drug-likeness (QED) is 0.571. The fourth-order valence-corrected chi connectivity index (χ4v) is 0.538. The van der Waals surface area contributed by atoms with Gasteiger partial charge in [0.2, 0.25) is 6.17 Å². The predicted octanol–water partition coefficient (Wildman–Crippen LogP) is -0.496. The Bertz CT molecular complexity index is 177. The highest BCUT2D eigenvalue weighted by molar-refractivity contribution is 5.85. The van der Waals surface area contributed by atoms with E-state index < -0.39 is 24.2 Å². The summed E-state index contributed by atoms with van der Waals surface area (Å²) in [5, 5.41) is 18.3. The molecule has 0 saturated heterocycles. The molecule has 0 radical (unpaired) electrons. The zero-order valence-electron chi connectivity index (χ0n) is 6.15. The van der Waals surface area contributed by atoms with Crippen LogP contribution >= 0.6 is 12.4 Å². The molecule has 2 atom stereocenters. The first-order valence-corrected chi connectivity index (χ1v) is 2.77. The molecule has 0 aliphatic rings. The second-order valence-corrected chi connectivity index (χ2v) is 1.84. The van der Waals surface area contributed by atoms with E-state index in [1.54, 1.807) is 0 Å². The molecule has 5 nitrogen and oxygen atoms in total. The van der Waals surface area contributed by atoms with E-state index in [1.165, 1.54) is 7.05 Å². The van der Waals surface area contributed by atoms with Crippen molar-refractivity contribution in [2.45, 2.75) is 12.2 Å². The number of aliphatic carboxylic acids is 2. The summed E-state index contributed by atoms with van der Waals surface area (Å²) in [5.41, 5.74) is 0. The van der Waals surface area contributed by atoms with Gasteiger partial charge in [-0.1, -0.05) is 0 Å². The number of hydrogen-bond acceptors (Lipinski definition) is 3. The van der Waals surface area contributed by atoms with Crippen LogP contribution in [0.2, 0.25) is 0 Å². The second-order valence-electron chi connectivity index (χ2n) is 1.84. The number of rotatable bonds is 4. The Morgan fingerprint density at radius 2 is 1.75 bits per heavy atom. The molecule has 0 amide bonds. The van der Waals surface area contributed by atoms with Crippen LogP contribution < -0.4 is 5.32 Å². The van der Waals surface area contributed by atoms with E-state index >= 15 is 0 Å². The molecule has 7 heteroatoms. The highest BCUT2D eigenvalue weighted by atomic mass is 35.5. The summed E-state index contributed by atoms with van der Waals surface area (Å²) in [5.74, 6) is -3.31. The van der Waals surface area contributed by atoms with Gasteiger partial charge in [0.25, 0.3) is 0 Å². The minimum atomic E-state index is -2.42. The first-order chi connectivity index (χ1) is 5.00. The van der Waals surface area contributed by atoms with Crippen molar-refractivity contribution in [1.29, 1.82) is 0 Å². The maximum atomic E-state index is 12.4. The van der Waals surface area contributed by atoms with Gasteiger partial charge in [0.1, 0.15) is 6.04 Å². The molecule has 12 heavy (non-hydrogen) atoms. The molecule has 72 valence electrons. The van der Waals surface area contributed by atoms with E-state index in [0.29, 0.717) is 0 Å². The molecule has 0 fully saturated rings. The molecule has 0 rings (SSSR count). The number of halogens is 2. The Kier molecular flexibility index (Phi) is 6.54. The first kappa shape index (κ1) is 13.7. The topological polar surface area (TPSA) is 86.6 Å². The third-order valence-corrected chi connectivity index (χ3v) is 1.11. The summed E-state index contributed by atoms with van der Waals surface area (Å²) in [6.45, 7) is 0. The summed E-state index contributed by atoms with van der Waals surface area (Å²) >= 11 is 0. The zero-order chi connectivity index (χ0) is 9.02. The molecule has 0 aromatic rings. The number of carboxylic acids is 2. The summed E-state index contributed by atoms with van der Waals surface area (Å²) in [6.07, 6.45) is -2.42. The fourth-order valence-electron chi connectivity index (χ4n) is 0.538. The summed E-state index contributed by atoms with van der Waals surface area (Å²) in [4.78, 5) is 20.0. The molecule has 0 heterocycles. The Labute approximate surface area is 74.0 Å². The van der Waals surface area contributed by atoms with Crippen LogP contribution in [0.5, 0.6) is 0 Å². The van der Waals surface area contributed by atoms with Crippen LogP contribution in [-0.2, 0) is 9.59 Å². The summed E-state index contributed by atoms with van der Waals surface area (Å²) in [6, 6.07) is -1.69. The van der Waals surface area contributed by atoms with Crippen LogP contribution in [0.3, 0.4) is 0 Å². The van der Waals surface area contributed by atoms with Crippen LogP contribution in [0, 0.1) is 0 Å². The van der Waals surface area contributed by atoms with Crippen LogP contribution in [0.4, 0.5) is 4.39 Å². The molecule has 0 spiro atoms. The average Bonchev–Trinajstić information content (AvgIpc) is 1.88. The molecule has 0 aliphatic carbocycles. The van der Waals surface area contributed by atoms with E-state index in [9.17, 15) is 14.0 Å². The van der Waals surface area contributed by atoms with Gasteiger partial charge < -0.3 is 15.5 Å². The van der Waals surface area contributed by atoms with Crippen molar-refractivity contribution in [1.82, 2.24) is 5.32 Å². The van der Waals surface area contributed by atoms with Crippen LogP contribution in [0.1, 0.15) is 0 Å². The normalized spacial score (nSPS) is 14.2. The van der Waals surface area contributed by atoms with Gasteiger partial charge in [-0.05, 0) is 7.05 Å². The second kappa shape index (κ2) is 5.73. The van der Waals surface area contributed by atoms with E-state index in [1.807, 2.05) is 5.32 Å². The smallest absolute Gasteiger partial charge is 0.340 e. The third kappa shape index (κ3) is 3.49. The maximum Gasteiger partial charge on any atom is 0.340 e.